The molecule has 17 heavy (non-hydrogen) atoms. The smallest absolute Gasteiger partial charge is 0.372 e. The van der Waals surface area contributed by atoms with Gasteiger partial charge < -0.3 is 9.52 Å². The number of aryl methyl sites for hydroxylation is 1. The molecule has 0 amide bonds. The molecule has 0 aromatic carbocycles. The van der Waals surface area contributed by atoms with E-state index in [4.69, 9.17) is 9.52 Å². The van der Waals surface area contributed by atoms with Crippen molar-refractivity contribution in [3.63, 3.8) is 0 Å². The van der Waals surface area contributed by atoms with Crippen molar-refractivity contribution in [1.82, 2.24) is 0 Å². The van der Waals surface area contributed by atoms with Gasteiger partial charge in [0, 0.05) is 5.56 Å². The van der Waals surface area contributed by atoms with Crippen molar-refractivity contribution in [1.29, 1.82) is 0 Å². The van der Waals surface area contributed by atoms with Crippen LogP contribution in [0.25, 0.3) is 0 Å². The first kappa shape index (κ1) is 12.1. The maximum absolute atomic E-state index is 11.9. The number of furan rings is 1. The highest BCUT2D eigenvalue weighted by molar-refractivity contribution is 7.86. The average Bonchev–Trinajstić information content (AvgIpc) is 2.86. The molecule has 90 valence electrons. The fourth-order valence-corrected chi connectivity index (χ4v) is 3.42. The molecule has 1 atom stereocenters. The van der Waals surface area contributed by atoms with E-state index < -0.39 is 16.8 Å². The maximum Gasteiger partial charge on any atom is 0.372 e. The number of carboxylic acid groups (broad SMARTS) is 1. The molecular weight excluding hydrogens is 260 g/mol. The Bertz CT molecular complexity index is 554. The van der Waals surface area contributed by atoms with Gasteiger partial charge in [0.1, 0.15) is 5.76 Å². The highest BCUT2D eigenvalue weighted by atomic mass is 32.2. The standard InChI is InChI=1S/C11H10O4S2/c1-7-5-8(15-10(7)11(12)13)6-17(14)9-3-2-4-16-9/h2-5H,6H2,1H3,(H,12,13). The Labute approximate surface area is 104 Å². The minimum Gasteiger partial charge on any atom is -0.475 e. The lowest BCUT2D eigenvalue weighted by atomic mass is 10.3. The summed E-state index contributed by atoms with van der Waals surface area (Å²) in [6, 6.07) is 5.23. The number of hydrogen-bond donors (Lipinski definition) is 1. The van der Waals surface area contributed by atoms with E-state index in [2.05, 4.69) is 0 Å². The van der Waals surface area contributed by atoms with Crippen molar-refractivity contribution >= 4 is 28.1 Å². The van der Waals surface area contributed by atoms with E-state index in [1.165, 1.54) is 11.3 Å². The SMILES string of the molecule is Cc1cc(CS(=O)c2cccs2)oc1C(=O)O. The number of rotatable bonds is 4. The van der Waals surface area contributed by atoms with Crippen molar-refractivity contribution in [2.75, 3.05) is 0 Å². The second-order valence-electron chi connectivity index (χ2n) is 3.45. The fourth-order valence-electron chi connectivity index (χ4n) is 1.42. The first-order valence-corrected chi connectivity index (χ1v) is 7.02. The summed E-state index contributed by atoms with van der Waals surface area (Å²) in [5, 5.41) is 10.7. The average molecular weight is 270 g/mol. The van der Waals surface area contributed by atoms with Gasteiger partial charge in [0.15, 0.2) is 0 Å². The predicted molar refractivity (Wildman–Crippen MR) is 64.8 cm³/mol. The van der Waals surface area contributed by atoms with Crippen LogP contribution in [0, 0.1) is 6.92 Å². The first-order valence-electron chi connectivity index (χ1n) is 4.82. The molecule has 1 N–H and O–H groups in total. The molecule has 2 rings (SSSR count). The minimum atomic E-state index is -1.18. The van der Waals surface area contributed by atoms with E-state index in [1.807, 2.05) is 11.4 Å². The van der Waals surface area contributed by atoms with Crippen LogP contribution in [0.4, 0.5) is 0 Å². The van der Waals surface area contributed by atoms with Gasteiger partial charge in [-0.25, -0.2) is 4.79 Å². The van der Waals surface area contributed by atoms with Gasteiger partial charge in [0.05, 0.1) is 20.8 Å². The Kier molecular flexibility index (Phi) is 3.44. The number of hydrogen-bond acceptors (Lipinski definition) is 4. The van der Waals surface area contributed by atoms with Gasteiger partial charge in [-0.05, 0) is 24.4 Å². The van der Waals surface area contributed by atoms with E-state index in [0.717, 1.165) is 4.21 Å². The molecule has 0 radical (unpaired) electrons. The molecule has 0 spiro atoms. The van der Waals surface area contributed by atoms with Crippen LogP contribution in [-0.4, -0.2) is 15.3 Å². The Balaban J connectivity index is 2.17. The van der Waals surface area contributed by atoms with Crippen LogP contribution in [0.2, 0.25) is 0 Å². The Morgan fingerprint density at radius 2 is 2.35 bits per heavy atom. The summed E-state index contributed by atoms with van der Waals surface area (Å²) in [6.45, 7) is 1.66. The quantitative estimate of drug-likeness (QED) is 0.927. The van der Waals surface area contributed by atoms with E-state index >= 15 is 0 Å². The van der Waals surface area contributed by atoms with Crippen LogP contribution in [0.5, 0.6) is 0 Å². The van der Waals surface area contributed by atoms with Gasteiger partial charge in [0.2, 0.25) is 5.76 Å². The largest absolute Gasteiger partial charge is 0.475 e. The number of carboxylic acids is 1. The third kappa shape index (κ3) is 2.65. The number of thiophene rings is 1. The summed E-state index contributed by atoms with van der Waals surface area (Å²) >= 11 is 1.41. The van der Waals surface area contributed by atoms with Crippen molar-refractivity contribution < 1.29 is 18.5 Å². The molecule has 0 aliphatic rings. The van der Waals surface area contributed by atoms with E-state index in [0.29, 0.717) is 11.3 Å². The van der Waals surface area contributed by atoms with Crippen LogP contribution >= 0.6 is 11.3 Å². The second-order valence-corrected chi connectivity index (χ2v) is 6.08. The molecule has 0 aliphatic carbocycles. The van der Waals surface area contributed by atoms with Crippen LogP contribution < -0.4 is 0 Å². The Morgan fingerprint density at radius 1 is 1.59 bits per heavy atom. The zero-order chi connectivity index (χ0) is 12.4. The van der Waals surface area contributed by atoms with Gasteiger partial charge in [-0.1, -0.05) is 6.07 Å². The minimum absolute atomic E-state index is 0.0804. The van der Waals surface area contributed by atoms with Crippen LogP contribution in [0.1, 0.15) is 21.9 Å². The molecule has 6 heteroatoms. The van der Waals surface area contributed by atoms with Gasteiger partial charge in [-0.2, -0.15) is 0 Å². The van der Waals surface area contributed by atoms with E-state index in [-0.39, 0.29) is 11.5 Å². The Hall–Kier alpha value is -1.40. The molecule has 4 nitrogen and oxygen atoms in total. The lowest BCUT2D eigenvalue weighted by molar-refractivity contribution is 0.0659. The fraction of sp³-hybridized carbons (Fsp3) is 0.182. The number of carbonyl (C=O) groups is 1. The molecule has 0 aliphatic heterocycles. The van der Waals surface area contributed by atoms with Crippen LogP contribution in [0.15, 0.2) is 32.2 Å². The normalized spacial score (nSPS) is 12.5. The zero-order valence-electron chi connectivity index (χ0n) is 9.00. The van der Waals surface area contributed by atoms with E-state index in [1.54, 1.807) is 19.1 Å². The third-order valence-corrected chi connectivity index (χ3v) is 4.80. The predicted octanol–water partition coefficient (Wildman–Crippen LogP) is 2.66. The van der Waals surface area contributed by atoms with Crippen LogP contribution in [-0.2, 0) is 16.6 Å². The number of aromatic carboxylic acids is 1. The maximum atomic E-state index is 11.9. The Morgan fingerprint density at radius 3 is 2.88 bits per heavy atom. The molecule has 0 saturated heterocycles. The lowest BCUT2D eigenvalue weighted by Crippen LogP contribution is -1.95. The van der Waals surface area contributed by atoms with Crippen LogP contribution in [0.3, 0.4) is 0 Å². The second kappa shape index (κ2) is 4.85. The lowest BCUT2D eigenvalue weighted by Gasteiger charge is -1.95. The summed E-state index contributed by atoms with van der Waals surface area (Å²) in [7, 11) is -1.18. The first-order chi connectivity index (χ1) is 8.08. The van der Waals surface area contributed by atoms with Gasteiger partial charge in [-0.3, -0.25) is 4.21 Å². The van der Waals surface area contributed by atoms with E-state index in [9.17, 15) is 9.00 Å². The topological polar surface area (TPSA) is 67.5 Å². The molecular formula is C11H10O4S2. The summed E-state index contributed by atoms with van der Waals surface area (Å²) in [6.07, 6.45) is 0. The van der Waals surface area contributed by atoms with Gasteiger partial charge >= 0.3 is 5.97 Å². The van der Waals surface area contributed by atoms with Gasteiger partial charge in [0.25, 0.3) is 0 Å². The van der Waals surface area contributed by atoms with Crippen molar-refractivity contribution in [2.45, 2.75) is 16.9 Å². The molecule has 0 fully saturated rings. The molecule has 2 heterocycles. The van der Waals surface area contributed by atoms with Crippen molar-refractivity contribution in [3.8, 4) is 0 Å². The van der Waals surface area contributed by atoms with Crippen molar-refractivity contribution in [2.24, 2.45) is 0 Å². The summed E-state index contributed by atoms with van der Waals surface area (Å²) in [5.41, 5.74) is 0.552. The monoisotopic (exact) mass is 270 g/mol. The molecule has 2 aromatic heterocycles. The molecule has 0 bridgehead atoms. The molecule has 2 aromatic rings. The molecule has 1 unspecified atom stereocenters. The highest BCUT2D eigenvalue weighted by Crippen LogP contribution is 2.21. The molecule has 0 saturated carbocycles. The van der Waals surface area contributed by atoms with Gasteiger partial charge in [-0.15, -0.1) is 11.3 Å². The highest BCUT2D eigenvalue weighted by Gasteiger charge is 2.16. The summed E-state index contributed by atoms with van der Waals surface area (Å²) in [4.78, 5) is 10.8. The van der Waals surface area contributed by atoms with Crippen molar-refractivity contribution in [3.05, 3.63) is 40.7 Å². The third-order valence-electron chi connectivity index (χ3n) is 2.16. The summed E-state index contributed by atoms with van der Waals surface area (Å²) < 4.78 is 17.8. The summed E-state index contributed by atoms with van der Waals surface area (Å²) in [5.74, 6) is -0.542. The zero-order valence-corrected chi connectivity index (χ0v) is 10.6.